The monoisotopic (exact) mass is 353 g/mol. The molecule has 1 aliphatic carbocycles. The Hall–Kier alpha value is -1.98. The first-order chi connectivity index (χ1) is 12.0. The molecule has 1 aromatic carbocycles. The van der Waals surface area contributed by atoms with Crippen molar-refractivity contribution in [3.8, 4) is 0 Å². The topological polar surface area (TPSA) is 30.8 Å². The maximum Gasteiger partial charge on any atom is 0.416 e. The highest BCUT2D eigenvalue weighted by atomic mass is 19.4. The molecule has 0 saturated heterocycles. The molecule has 0 spiro atoms. The highest BCUT2D eigenvalue weighted by molar-refractivity contribution is 5.94. The normalized spacial score (nSPS) is 20.5. The second kappa shape index (κ2) is 7.93. The summed E-state index contributed by atoms with van der Waals surface area (Å²) in [5, 5.41) is 3.95. The van der Waals surface area contributed by atoms with Gasteiger partial charge in [0.05, 0.1) is 24.1 Å². The largest absolute Gasteiger partial charge is 0.501 e. The molecule has 25 heavy (non-hydrogen) atoms. The predicted octanol–water partition coefficient (Wildman–Crippen LogP) is 5.56. The molecule has 136 valence electrons. The van der Waals surface area contributed by atoms with Gasteiger partial charge in [-0.15, -0.1) is 0 Å². The molecule has 0 N–H and O–H groups in total. The van der Waals surface area contributed by atoms with Crippen molar-refractivity contribution in [3.63, 3.8) is 0 Å². The number of benzene rings is 1. The molecule has 2 aliphatic rings. The van der Waals surface area contributed by atoms with Crippen LogP contribution < -0.4 is 0 Å². The Morgan fingerprint density at radius 3 is 2.64 bits per heavy atom. The van der Waals surface area contributed by atoms with E-state index in [9.17, 15) is 13.2 Å². The second-order valence-corrected chi connectivity index (χ2v) is 6.53. The minimum absolute atomic E-state index is 0.00737. The van der Waals surface area contributed by atoms with Crippen molar-refractivity contribution in [1.29, 1.82) is 0 Å². The SMILES string of the molecule is FC(F)(F)c1cc(CON=C2C=COCC2)ccc1C1CCCCC1. The quantitative estimate of drug-likeness (QED) is 0.664. The molecule has 3 rings (SSSR count). The Morgan fingerprint density at radius 1 is 1.16 bits per heavy atom. The van der Waals surface area contributed by atoms with Gasteiger partial charge in [0.15, 0.2) is 0 Å². The van der Waals surface area contributed by atoms with Crippen molar-refractivity contribution in [2.45, 2.75) is 57.2 Å². The summed E-state index contributed by atoms with van der Waals surface area (Å²) in [6, 6.07) is 4.56. The maximum atomic E-state index is 13.5. The molecule has 1 aliphatic heterocycles. The van der Waals surface area contributed by atoms with Crippen molar-refractivity contribution < 1.29 is 22.7 Å². The number of ether oxygens (including phenoxy) is 1. The highest BCUT2D eigenvalue weighted by Gasteiger charge is 2.35. The van der Waals surface area contributed by atoms with Crippen LogP contribution in [0.1, 0.15) is 61.1 Å². The first-order valence-electron chi connectivity index (χ1n) is 8.71. The predicted molar refractivity (Wildman–Crippen MR) is 89.2 cm³/mol. The standard InChI is InChI=1S/C19H22F3NO2/c20-19(21,22)18-12-14(13-25-23-16-8-10-24-11-9-16)6-7-17(18)15-4-2-1-3-5-15/h6-8,10,12,15H,1-5,9,11,13H2. The van der Waals surface area contributed by atoms with Gasteiger partial charge >= 0.3 is 6.18 Å². The van der Waals surface area contributed by atoms with Crippen LogP contribution in [0.2, 0.25) is 0 Å². The number of hydrogen-bond donors (Lipinski definition) is 0. The van der Waals surface area contributed by atoms with Crippen LogP contribution in [0.3, 0.4) is 0 Å². The summed E-state index contributed by atoms with van der Waals surface area (Å²) in [5.41, 5.74) is 1.10. The van der Waals surface area contributed by atoms with Gasteiger partial charge in [-0.2, -0.15) is 13.2 Å². The number of alkyl halides is 3. The van der Waals surface area contributed by atoms with Crippen LogP contribution in [0.5, 0.6) is 0 Å². The van der Waals surface area contributed by atoms with Gasteiger partial charge in [0, 0.05) is 6.42 Å². The highest BCUT2D eigenvalue weighted by Crippen LogP contribution is 2.41. The molecule has 3 nitrogen and oxygen atoms in total. The summed E-state index contributed by atoms with van der Waals surface area (Å²) in [7, 11) is 0. The summed E-state index contributed by atoms with van der Waals surface area (Å²) in [6.07, 6.45) is 4.29. The summed E-state index contributed by atoms with van der Waals surface area (Å²) in [6.45, 7) is 0.555. The smallest absolute Gasteiger partial charge is 0.416 e. The van der Waals surface area contributed by atoms with Gasteiger partial charge in [-0.3, -0.25) is 0 Å². The minimum atomic E-state index is -4.35. The first kappa shape index (κ1) is 17.8. The number of allylic oxidation sites excluding steroid dienone is 1. The van der Waals surface area contributed by atoms with E-state index >= 15 is 0 Å². The number of oxime groups is 1. The summed E-state index contributed by atoms with van der Waals surface area (Å²) < 4.78 is 45.6. The Bertz CT molecular complexity index is 647. The van der Waals surface area contributed by atoms with E-state index in [4.69, 9.17) is 9.57 Å². The Morgan fingerprint density at radius 2 is 1.96 bits per heavy atom. The van der Waals surface area contributed by atoms with Gasteiger partial charge in [-0.1, -0.05) is 36.6 Å². The molecule has 0 bridgehead atoms. The molecule has 0 aromatic heterocycles. The van der Waals surface area contributed by atoms with E-state index in [1.54, 1.807) is 18.2 Å². The molecule has 6 heteroatoms. The maximum absolute atomic E-state index is 13.5. The fraction of sp³-hybridized carbons (Fsp3) is 0.526. The van der Waals surface area contributed by atoms with E-state index in [-0.39, 0.29) is 12.5 Å². The zero-order valence-corrected chi connectivity index (χ0v) is 14.0. The molecule has 0 radical (unpaired) electrons. The van der Waals surface area contributed by atoms with Crippen LogP contribution in [-0.2, 0) is 22.4 Å². The zero-order chi connectivity index (χ0) is 17.7. The van der Waals surface area contributed by atoms with Gasteiger partial charge in [0.1, 0.15) is 6.61 Å². The second-order valence-electron chi connectivity index (χ2n) is 6.53. The lowest BCUT2D eigenvalue weighted by molar-refractivity contribution is -0.138. The average molecular weight is 353 g/mol. The molecule has 1 fully saturated rings. The first-order valence-corrected chi connectivity index (χ1v) is 8.71. The molecule has 0 unspecified atom stereocenters. The van der Waals surface area contributed by atoms with Crippen LogP contribution in [0.15, 0.2) is 35.7 Å². The van der Waals surface area contributed by atoms with E-state index in [1.807, 2.05) is 0 Å². The number of halogens is 3. The average Bonchev–Trinajstić information content (AvgIpc) is 2.62. The van der Waals surface area contributed by atoms with Crippen LogP contribution in [0.4, 0.5) is 13.2 Å². The number of hydrogen-bond acceptors (Lipinski definition) is 3. The van der Waals surface area contributed by atoms with Crippen molar-refractivity contribution in [1.82, 2.24) is 0 Å². The molecule has 1 heterocycles. The summed E-state index contributed by atoms with van der Waals surface area (Å²) in [4.78, 5) is 5.23. The third-order valence-corrected chi connectivity index (χ3v) is 4.71. The summed E-state index contributed by atoms with van der Waals surface area (Å²) >= 11 is 0. The van der Waals surface area contributed by atoms with E-state index < -0.39 is 11.7 Å². The van der Waals surface area contributed by atoms with Crippen molar-refractivity contribution in [2.75, 3.05) is 6.61 Å². The van der Waals surface area contributed by atoms with Crippen LogP contribution in [0, 0.1) is 0 Å². The Kier molecular flexibility index (Phi) is 5.66. The number of nitrogens with zero attached hydrogens (tertiary/aromatic N) is 1. The summed E-state index contributed by atoms with van der Waals surface area (Å²) in [5.74, 6) is 0.00737. The van der Waals surface area contributed by atoms with Gasteiger partial charge in [0.2, 0.25) is 0 Å². The van der Waals surface area contributed by atoms with Crippen molar-refractivity contribution in [2.24, 2.45) is 5.16 Å². The van der Waals surface area contributed by atoms with Gasteiger partial charge in [-0.25, -0.2) is 0 Å². The fourth-order valence-electron chi connectivity index (χ4n) is 3.42. The van der Waals surface area contributed by atoms with Crippen molar-refractivity contribution in [3.05, 3.63) is 47.2 Å². The van der Waals surface area contributed by atoms with Crippen LogP contribution in [-0.4, -0.2) is 12.3 Å². The van der Waals surface area contributed by atoms with E-state index in [0.717, 1.165) is 37.8 Å². The third-order valence-electron chi connectivity index (χ3n) is 4.71. The van der Waals surface area contributed by atoms with Gasteiger partial charge in [-0.05, 0) is 42.0 Å². The lowest BCUT2D eigenvalue weighted by Gasteiger charge is -2.25. The fourth-order valence-corrected chi connectivity index (χ4v) is 3.42. The third kappa shape index (κ3) is 4.77. The van der Waals surface area contributed by atoms with Crippen LogP contribution in [0.25, 0.3) is 0 Å². The van der Waals surface area contributed by atoms with E-state index in [2.05, 4.69) is 5.16 Å². The van der Waals surface area contributed by atoms with Gasteiger partial charge in [0.25, 0.3) is 0 Å². The van der Waals surface area contributed by atoms with E-state index in [1.165, 1.54) is 12.3 Å². The lowest BCUT2D eigenvalue weighted by Crippen LogP contribution is -2.15. The molecule has 0 atom stereocenters. The zero-order valence-electron chi connectivity index (χ0n) is 14.0. The van der Waals surface area contributed by atoms with E-state index in [0.29, 0.717) is 24.2 Å². The van der Waals surface area contributed by atoms with Gasteiger partial charge < -0.3 is 9.57 Å². The molecular weight excluding hydrogens is 331 g/mol. The lowest BCUT2D eigenvalue weighted by atomic mass is 9.81. The molecule has 1 saturated carbocycles. The molecule has 1 aromatic rings. The Balaban J connectivity index is 1.74. The van der Waals surface area contributed by atoms with Crippen molar-refractivity contribution >= 4 is 5.71 Å². The molecule has 0 amide bonds. The molecular formula is C19H22F3NO2. The number of rotatable bonds is 4. The minimum Gasteiger partial charge on any atom is -0.501 e. The van der Waals surface area contributed by atoms with Crippen LogP contribution >= 0.6 is 0 Å². The Labute approximate surface area is 145 Å².